The highest BCUT2D eigenvalue weighted by Gasteiger charge is 2.77. The molecule has 1 aromatic rings. The minimum Gasteiger partial charge on any atom is -0.465 e. The first-order chi connectivity index (χ1) is 19.3. The van der Waals surface area contributed by atoms with E-state index < -0.39 is 41.6 Å². The number of rotatable bonds is 15. The number of allylic oxidation sites excluding steroid dienone is 1. The molecular weight excluding hydrogens is 576 g/mol. The van der Waals surface area contributed by atoms with Crippen molar-refractivity contribution in [2.75, 3.05) is 26.3 Å². The number of nitrogens with zero attached hydrogens (tertiary/aromatic N) is 2. The van der Waals surface area contributed by atoms with Gasteiger partial charge in [0.15, 0.2) is 0 Å². The Hall–Kier alpha value is -2.49. The third-order valence-corrected chi connectivity index (χ3v) is 9.24. The Kier molecular flexibility index (Phi) is 10.2. The average Bonchev–Trinajstić information content (AvgIpc) is 3.55. The summed E-state index contributed by atoms with van der Waals surface area (Å²) in [5, 5.41) is 10.6. The molecule has 3 fully saturated rings. The third kappa shape index (κ3) is 5.65. The Balaban J connectivity index is 1.74. The van der Waals surface area contributed by atoms with Gasteiger partial charge in [0.25, 0.3) is 0 Å². The van der Waals surface area contributed by atoms with Gasteiger partial charge in [-0.3, -0.25) is 14.4 Å². The van der Waals surface area contributed by atoms with E-state index in [1.165, 1.54) is 4.90 Å². The molecule has 0 saturated carbocycles. The molecule has 7 atom stereocenters. The Morgan fingerprint density at radius 2 is 2.02 bits per heavy atom. The molecule has 3 aliphatic rings. The fourth-order valence-electron chi connectivity index (χ4n) is 6.61. The standard InChI is InChI=1S/C31H41BrN2O6/c1-4-7-12-17-39-30(38)24-25-28(36)34(22(20-35)18-21-13-10-9-11-14-21)27(31(25)19-23(32)26(24)40-31)29(37)33(15-6-3)16-8-5-2/h4,6,9-11,13-14,22-27,35H,1,3,5,7-8,12,15-20H2,2H3/t22-,23?,24-,25+,26-,27?,31?/m1/s1. The van der Waals surface area contributed by atoms with Crippen molar-refractivity contribution in [2.45, 2.75) is 74.1 Å². The number of unbranched alkanes of at least 4 members (excludes halogenated alkanes) is 2. The summed E-state index contributed by atoms with van der Waals surface area (Å²) in [4.78, 5) is 45.3. The van der Waals surface area contributed by atoms with E-state index >= 15 is 0 Å². The van der Waals surface area contributed by atoms with Gasteiger partial charge in [0.1, 0.15) is 11.6 Å². The van der Waals surface area contributed by atoms with Crippen LogP contribution in [-0.4, -0.2) is 87.6 Å². The summed E-state index contributed by atoms with van der Waals surface area (Å²) in [6.45, 7) is 10.3. The zero-order valence-corrected chi connectivity index (χ0v) is 24.8. The molecule has 0 aromatic heterocycles. The molecule has 3 unspecified atom stereocenters. The number of amides is 2. The van der Waals surface area contributed by atoms with E-state index in [1.54, 1.807) is 17.1 Å². The lowest BCUT2D eigenvalue weighted by molar-refractivity contribution is -0.156. The highest BCUT2D eigenvalue weighted by atomic mass is 79.9. The molecule has 3 heterocycles. The van der Waals surface area contributed by atoms with E-state index in [4.69, 9.17) is 9.47 Å². The molecule has 1 aromatic carbocycles. The second kappa shape index (κ2) is 13.4. The zero-order valence-electron chi connectivity index (χ0n) is 23.3. The van der Waals surface area contributed by atoms with Gasteiger partial charge >= 0.3 is 5.97 Å². The van der Waals surface area contributed by atoms with Gasteiger partial charge in [-0.15, -0.1) is 13.2 Å². The van der Waals surface area contributed by atoms with Crippen molar-refractivity contribution in [3.8, 4) is 0 Å². The van der Waals surface area contributed by atoms with Crippen LogP contribution in [-0.2, 0) is 30.3 Å². The van der Waals surface area contributed by atoms with E-state index in [9.17, 15) is 19.5 Å². The number of aliphatic hydroxyl groups excluding tert-OH is 1. The number of hydrogen-bond acceptors (Lipinski definition) is 6. The molecule has 2 amide bonds. The number of fused-ring (bicyclic) bond motifs is 1. The van der Waals surface area contributed by atoms with Gasteiger partial charge in [-0.1, -0.05) is 71.8 Å². The Bertz CT molecular complexity index is 1080. The van der Waals surface area contributed by atoms with Crippen LogP contribution in [0.4, 0.5) is 0 Å². The zero-order chi connectivity index (χ0) is 28.9. The number of esters is 1. The van der Waals surface area contributed by atoms with E-state index in [0.717, 1.165) is 18.4 Å². The normalized spacial score (nSPS) is 29.2. The second-order valence-electron chi connectivity index (χ2n) is 11.0. The number of halogens is 1. The molecule has 3 aliphatic heterocycles. The lowest BCUT2D eigenvalue weighted by Crippen LogP contribution is -2.59. The number of benzene rings is 1. The summed E-state index contributed by atoms with van der Waals surface area (Å²) < 4.78 is 12.2. The number of likely N-dealkylation sites (tertiary alicyclic amines) is 1. The molecule has 1 N–H and O–H groups in total. The first kappa shape index (κ1) is 30.5. The lowest BCUT2D eigenvalue weighted by atomic mass is 9.70. The number of carbonyl (C=O) groups excluding carboxylic acids is 3. The monoisotopic (exact) mass is 616 g/mol. The molecule has 4 rings (SSSR count). The van der Waals surface area contributed by atoms with Crippen LogP contribution in [0, 0.1) is 11.8 Å². The van der Waals surface area contributed by atoms with Crippen molar-refractivity contribution in [1.29, 1.82) is 0 Å². The van der Waals surface area contributed by atoms with Crippen LogP contribution in [0.3, 0.4) is 0 Å². The lowest BCUT2D eigenvalue weighted by Gasteiger charge is -2.39. The van der Waals surface area contributed by atoms with Crippen molar-refractivity contribution >= 4 is 33.7 Å². The smallest absolute Gasteiger partial charge is 0.312 e. The molecule has 1 spiro atoms. The van der Waals surface area contributed by atoms with Crippen molar-refractivity contribution in [3.05, 3.63) is 61.2 Å². The van der Waals surface area contributed by atoms with Crippen molar-refractivity contribution in [2.24, 2.45) is 11.8 Å². The summed E-state index contributed by atoms with van der Waals surface area (Å²) in [7, 11) is 0. The van der Waals surface area contributed by atoms with Crippen LogP contribution in [0.2, 0.25) is 0 Å². The van der Waals surface area contributed by atoms with Crippen molar-refractivity contribution in [3.63, 3.8) is 0 Å². The van der Waals surface area contributed by atoms with Crippen LogP contribution >= 0.6 is 15.9 Å². The fraction of sp³-hybridized carbons (Fsp3) is 0.581. The average molecular weight is 618 g/mol. The Morgan fingerprint density at radius 1 is 1.27 bits per heavy atom. The molecule has 2 bridgehead atoms. The first-order valence-corrected chi connectivity index (χ1v) is 15.2. The maximum Gasteiger partial charge on any atom is 0.312 e. The molecular formula is C31H41BrN2O6. The van der Waals surface area contributed by atoms with Gasteiger partial charge in [-0.25, -0.2) is 0 Å². The molecule has 0 aliphatic carbocycles. The Morgan fingerprint density at radius 3 is 2.67 bits per heavy atom. The molecule has 9 heteroatoms. The van der Waals surface area contributed by atoms with E-state index in [1.807, 2.05) is 30.3 Å². The van der Waals surface area contributed by atoms with E-state index in [-0.39, 0.29) is 29.9 Å². The maximum atomic E-state index is 14.4. The predicted molar refractivity (Wildman–Crippen MR) is 156 cm³/mol. The van der Waals surface area contributed by atoms with Gasteiger partial charge in [0.2, 0.25) is 11.8 Å². The van der Waals surface area contributed by atoms with Gasteiger partial charge in [-0.05, 0) is 37.7 Å². The van der Waals surface area contributed by atoms with Crippen LogP contribution in [0.25, 0.3) is 0 Å². The maximum absolute atomic E-state index is 14.4. The molecule has 3 saturated heterocycles. The highest BCUT2D eigenvalue weighted by molar-refractivity contribution is 9.09. The summed E-state index contributed by atoms with van der Waals surface area (Å²) in [5.74, 6) is -2.76. The van der Waals surface area contributed by atoms with E-state index in [2.05, 4.69) is 36.0 Å². The molecule has 218 valence electrons. The number of hydrogen-bond donors (Lipinski definition) is 1. The van der Waals surface area contributed by atoms with Crippen LogP contribution in [0.5, 0.6) is 0 Å². The van der Waals surface area contributed by atoms with Crippen LogP contribution < -0.4 is 0 Å². The molecule has 0 radical (unpaired) electrons. The summed E-state index contributed by atoms with van der Waals surface area (Å²) in [6.07, 6.45) is 6.69. The predicted octanol–water partition coefficient (Wildman–Crippen LogP) is 3.66. The van der Waals surface area contributed by atoms with Gasteiger partial charge in [0.05, 0.1) is 37.2 Å². The fourth-order valence-corrected chi connectivity index (χ4v) is 7.56. The minimum atomic E-state index is -1.20. The number of ether oxygens (including phenoxy) is 2. The largest absolute Gasteiger partial charge is 0.465 e. The SMILES string of the molecule is C=CCCCOC(=O)[C@H]1[C@@H]2OC3(CC2Br)C(C(=O)N(CC=C)CCCC)N([C@@H](CO)Cc2ccccc2)C(=O)[C@H]13. The number of aliphatic hydroxyl groups is 1. The summed E-state index contributed by atoms with van der Waals surface area (Å²) >= 11 is 3.70. The molecule has 40 heavy (non-hydrogen) atoms. The van der Waals surface area contributed by atoms with Gasteiger partial charge in [0, 0.05) is 17.9 Å². The van der Waals surface area contributed by atoms with Crippen LogP contribution in [0.1, 0.15) is 44.6 Å². The molecule has 8 nitrogen and oxygen atoms in total. The summed E-state index contributed by atoms with van der Waals surface area (Å²) in [6, 6.07) is 7.94. The number of alkyl halides is 1. The second-order valence-corrected chi connectivity index (χ2v) is 12.1. The Labute approximate surface area is 245 Å². The highest BCUT2D eigenvalue weighted by Crippen LogP contribution is 2.60. The first-order valence-electron chi connectivity index (χ1n) is 14.3. The quantitative estimate of drug-likeness (QED) is 0.140. The van der Waals surface area contributed by atoms with Crippen molar-refractivity contribution in [1.82, 2.24) is 9.80 Å². The van der Waals surface area contributed by atoms with E-state index in [0.29, 0.717) is 38.8 Å². The van der Waals surface area contributed by atoms with Gasteiger partial charge in [-0.2, -0.15) is 0 Å². The van der Waals surface area contributed by atoms with Crippen molar-refractivity contribution < 1.29 is 29.0 Å². The topological polar surface area (TPSA) is 96.4 Å². The summed E-state index contributed by atoms with van der Waals surface area (Å²) in [5.41, 5.74) is -0.265. The van der Waals surface area contributed by atoms with Crippen LogP contribution in [0.15, 0.2) is 55.6 Å². The van der Waals surface area contributed by atoms with Gasteiger partial charge < -0.3 is 24.4 Å². The third-order valence-electron chi connectivity index (χ3n) is 8.39. The minimum absolute atomic E-state index is 0.220. The number of carbonyl (C=O) groups is 3.